The normalized spacial score (nSPS) is 11.2. The van der Waals surface area contributed by atoms with E-state index in [1.165, 1.54) is 0 Å². The van der Waals surface area contributed by atoms with E-state index in [0.717, 1.165) is 46.1 Å². The number of aromatic nitrogens is 2. The largest absolute Gasteiger partial charge is 0.497 e. The zero-order valence-corrected chi connectivity index (χ0v) is 16.0. The summed E-state index contributed by atoms with van der Waals surface area (Å²) in [5.74, 6) is 2.41. The van der Waals surface area contributed by atoms with Crippen molar-refractivity contribution in [2.75, 3.05) is 25.1 Å². The first kappa shape index (κ1) is 18.2. The second-order valence-electron chi connectivity index (χ2n) is 5.85. The molecule has 0 fully saturated rings. The summed E-state index contributed by atoms with van der Waals surface area (Å²) >= 11 is 5.94. The lowest BCUT2D eigenvalue weighted by Crippen LogP contribution is -2.23. The predicted octanol–water partition coefficient (Wildman–Crippen LogP) is 5.31. The number of rotatable bonds is 6. The highest BCUT2D eigenvalue weighted by Gasteiger charge is 2.12. The molecule has 3 rings (SSSR count). The second-order valence-corrected chi connectivity index (χ2v) is 6.28. The van der Waals surface area contributed by atoms with Crippen molar-refractivity contribution in [2.45, 2.75) is 13.8 Å². The van der Waals surface area contributed by atoms with Gasteiger partial charge in [-0.3, -0.25) is 0 Å². The Balaban J connectivity index is 2.07. The van der Waals surface area contributed by atoms with Crippen LogP contribution in [0.5, 0.6) is 5.75 Å². The average Bonchev–Trinajstić information content (AvgIpc) is 2.68. The number of methoxy groups -OCH3 is 1. The molecule has 0 amide bonds. The van der Waals surface area contributed by atoms with Gasteiger partial charge in [-0.05, 0) is 55.8 Å². The van der Waals surface area contributed by atoms with Crippen LogP contribution >= 0.6 is 11.6 Å². The van der Waals surface area contributed by atoms with Crippen molar-refractivity contribution in [2.24, 2.45) is 0 Å². The van der Waals surface area contributed by atoms with Crippen LogP contribution in [0.1, 0.15) is 25.2 Å². The molecule has 0 saturated carbocycles. The number of nitrogens with zero attached hydrogens (tertiary/aromatic N) is 3. The number of benzene rings is 2. The minimum absolute atomic E-state index is 0.680. The number of hydrogen-bond acceptors (Lipinski definition) is 4. The molecule has 5 heteroatoms. The predicted molar refractivity (Wildman–Crippen MR) is 110 cm³/mol. The molecule has 0 unspecified atom stereocenters. The van der Waals surface area contributed by atoms with Gasteiger partial charge in [0.2, 0.25) is 0 Å². The molecule has 3 aromatic rings. The summed E-state index contributed by atoms with van der Waals surface area (Å²) in [6, 6.07) is 13.6. The Morgan fingerprint density at radius 1 is 1.00 bits per heavy atom. The summed E-state index contributed by atoms with van der Waals surface area (Å²) in [7, 11) is 1.67. The molecule has 0 N–H and O–H groups in total. The van der Waals surface area contributed by atoms with E-state index < -0.39 is 0 Å². The monoisotopic (exact) mass is 367 g/mol. The fourth-order valence-corrected chi connectivity index (χ4v) is 2.95. The van der Waals surface area contributed by atoms with Crippen LogP contribution in [0.3, 0.4) is 0 Å². The van der Waals surface area contributed by atoms with Crippen LogP contribution in [0.25, 0.3) is 23.1 Å². The molecule has 0 atom stereocenters. The molecule has 1 heterocycles. The Bertz CT molecular complexity index is 918. The van der Waals surface area contributed by atoms with Gasteiger partial charge in [-0.25, -0.2) is 9.97 Å². The lowest BCUT2D eigenvalue weighted by Gasteiger charge is -2.22. The van der Waals surface area contributed by atoms with Crippen molar-refractivity contribution >= 4 is 40.5 Å². The third-order valence-electron chi connectivity index (χ3n) is 4.26. The molecule has 0 saturated heterocycles. The van der Waals surface area contributed by atoms with Crippen molar-refractivity contribution in [3.8, 4) is 5.75 Å². The van der Waals surface area contributed by atoms with E-state index in [-0.39, 0.29) is 0 Å². The molecule has 0 aliphatic carbocycles. The van der Waals surface area contributed by atoms with E-state index in [2.05, 4.69) is 23.7 Å². The zero-order valence-electron chi connectivity index (χ0n) is 15.2. The molecular weight excluding hydrogens is 346 g/mol. The first-order chi connectivity index (χ1) is 12.6. The van der Waals surface area contributed by atoms with Crippen molar-refractivity contribution in [1.82, 2.24) is 9.97 Å². The van der Waals surface area contributed by atoms with Gasteiger partial charge in [-0.15, -0.1) is 0 Å². The van der Waals surface area contributed by atoms with E-state index >= 15 is 0 Å². The van der Waals surface area contributed by atoms with E-state index in [9.17, 15) is 0 Å². The molecule has 1 aromatic heterocycles. The Kier molecular flexibility index (Phi) is 5.74. The number of ether oxygens (including phenoxy) is 1. The van der Waals surface area contributed by atoms with Gasteiger partial charge in [0.05, 0.1) is 12.6 Å². The highest BCUT2D eigenvalue weighted by atomic mass is 35.5. The van der Waals surface area contributed by atoms with Crippen LogP contribution in [0.2, 0.25) is 5.02 Å². The lowest BCUT2D eigenvalue weighted by atomic mass is 10.2. The molecular formula is C21H22ClN3O. The summed E-state index contributed by atoms with van der Waals surface area (Å²) in [5, 5.41) is 1.72. The summed E-state index contributed by atoms with van der Waals surface area (Å²) in [6.07, 6.45) is 3.92. The third kappa shape index (κ3) is 3.97. The summed E-state index contributed by atoms with van der Waals surface area (Å²) in [5.41, 5.74) is 1.95. The molecule has 0 aliphatic heterocycles. The topological polar surface area (TPSA) is 38.2 Å². The maximum Gasteiger partial charge on any atom is 0.154 e. The van der Waals surface area contributed by atoms with Crippen LogP contribution in [0.4, 0.5) is 5.82 Å². The Hall–Kier alpha value is -2.59. The molecule has 0 bridgehead atoms. The molecule has 2 aromatic carbocycles. The number of hydrogen-bond donors (Lipinski definition) is 0. The van der Waals surface area contributed by atoms with Crippen LogP contribution in [-0.4, -0.2) is 30.2 Å². The maximum atomic E-state index is 5.94. The maximum absolute atomic E-state index is 5.94. The van der Waals surface area contributed by atoms with E-state index in [1.807, 2.05) is 54.6 Å². The Morgan fingerprint density at radius 2 is 1.73 bits per heavy atom. The molecule has 134 valence electrons. The van der Waals surface area contributed by atoms with Gasteiger partial charge < -0.3 is 9.64 Å². The summed E-state index contributed by atoms with van der Waals surface area (Å²) in [6.45, 7) is 6.00. The Labute approximate surface area is 159 Å². The van der Waals surface area contributed by atoms with E-state index in [4.69, 9.17) is 21.3 Å². The van der Waals surface area contributed by atoms with Gasteiger partial charge >= 0.3 is 0 Å². The molecule has 26 heavy (non-hydrogen) atoms. The van der Waals surface area contributed by atoms with Crippen molar-refractivity contribution in [3.05, 3.63) is 58.9 Å². The van der Waals surface area contributed by atoms with E-state index in [0.29, 0.717) is 5.82 Å². The smallest absolute Gasteiger partial charge is 0.154 e. The van der Waals surface area contributed by atoms with Crippen LogP contribution in [0.15, 0.2) is 42.5 Å². The first-order valence-corrected chi connectivity index (χ1v) is 9.06. The first-order valence-electron chi connectivity index (χ1n) is 8.69. The van der Waals surface area contributed by atoms with Gasteiger partial charge in [0.25, 0.3) is 0 Å². The number of anilines is 1. The third-order valence-corrected chi connectivity index (χ3v) is 4.51. The zero-order chi connectivity index (χ0) is 18.5. The van der Waals surface area contributed by atoms with Gasteiger partial charge in [-0.1, -0.05) is 29.8 Å². The summed E-state index contributed by atoms with van der Waals surface area (Å²) in [4.78, 5) is 11.7. The Morgan fingerprint density at radius 3 is 2.38 bits per heavy atom. The molecule has 0 spiro atoms. The highest BCUT2D eigenvalue weighted by molar-refractivity contribution is 6.30. The SMILES string of the molecule is CCN(CC)c1nc(/C=C/c2ccc(Cl)cc2)nc2ccc(OC)cc12. The summed E-state index contributed by atoms with van der Waals surface area (Å²) < 4.78 is 5.37. The van der Waals surface area contributed by atoms with Crippen LogP contribution in [-0.2, 0) is 0 Å². The minimum Gasteiger partial charge on any atom is -0.497 e. The van der Waals surface area contributed by atoms with Crippen molar-refractivity contribution in [1.29, 1.82) is 0 Å². The average molecular weight is 368 g/mol. The standard InChI is InChI=1S/C21H22ClN3O/c1-4-25(5-2)21-18-14-17(26-3)11-12-19(18)23-20(24-21)13-8-15-6-9-16(22)10-7-15/h6-14H,4-5H2,1-3H3/b13-8+. The van der Waals surface area contributed by atoms with Crippen molar-refractivity contribution < 1.29 is 4.74 Å². The molecule has 0 aliphatic rings. The minimum atomic E-state index is 0.680. The van der Waals surface area contributed by atoms with Crippen LogP contribution < -0.4 is 9.64 Å². The second kappa shape index (κ2) is 8.19. The lowest BCUT2D eigenvalue weighted by molar-refractivity contribution is 0.415. The fraction of sp³-hybridized carbons (Fsp3) is 0.238. The van der Waals surface area contributed by atoms with Gasteiger partial charge in [-0.2, -0.15) is 0 Å². The highest BCUT2D eigenvalue weighted by Crippen LogP contribution is 2.28. The van der Waals surface area contributed by atoms with Gasteiger partial charge in [0.15, 0.2) is 5.82 Å². The van der Waals surface area contributed by atoms with Gasteiger partial charge in [0, 0.05) is 23.5 Å². The van der Waals surface area contributed by atoms with Crippen LogP contribution in [0, 0.1) is 0 Å². The quantitative estimate of drug-likeness (QED) is 0.591. The number of halogens is 1. The van der Waals surface area contributed by atoms with Crippen molar-refractivity contribution in [3.63, 3.8) is 0 Å². The number of fused-ring (bicyclic) bond motifs is 1. The molecule has 0 radical (unpaired) electrons. The fourth-order valence-electron chi connectivity index (χ4n) is 2.82. The molecule has 4 nitrogen and oxygen atoms in total. The van der Waals surface area contributed by atoms with E-state index in [1.54, 1.807) is 7.11 Å². The van der Waals surface area contributed by atoms with Gasteiger partial charge in [0.1, 0.15) is 11.6 Å².